The first-order chi connectivity index (χ1) is 9.89. The van der Waals surface area contributed by atoms with Crippen molar-refractivity contribution >= 4 is 5.91 Å². The molecule has 0 aliphatic carbocycles. The Hall–Kier alpha value is -0.650. The molecule has 2 rings (SSSR count). The number of amides is 1. The first-order valence-electron chi connectivity index (χ1n) is 8.34. The second kappa shape index (κ2) is 7.07. The lowest BCUT2D eigenvalue weighted by molar-refractivity contribution is -0.124. The minimum absolute atomic E-state index is 0.249. The number of rotatable bonds is 8. The predicted molar refractivity (Wildman–Crippen MR) is 84.1 cm³/mol. The number of nitrogens with zero attached hydrogens (tertiary/aromatic N) is 1. The van der Waals surface area contributed by atoms with Gasteiger partial charge in [0.15, 0.2) is 0 Å². The van der Waals surface area contributed by atoms with Gasteiger partial charge in [-0.2, -0.15) is 0 Å². The summed E-state index contributed by atoms with van der Waals surface area (Å²) in [7, 11) is 0. The van der Waals surface area contributed by atoms with Crippen LogP contribution in [0.25, 0.3) is 0 Å². The summed E-state index contributed by atoms with van der Waals surface area (Å²) < 4.78 is 5.85. The van der Waals surface area contributed by atoms with E-state index in [4.69, 9.17) is 10.5 Å². The van der Waals surface area contributed by atoms with Crippen LogP contribution in [0.2, 0.25) is 0 Å². The lowest BCUT2D eigenvalue weighted by Crippen LogP contribution is -2.55. The van der Waals surface area contributed by atoms with Crippen LogP contribution in [0.3, 0.4) is 0 Å². The van der Waals surface area contributed by atoms with Crippen molar-refractivity contribution in [3.05, 3.63) is 0 Å². The molecule has 0 aromatic heterocycles. The van der Waals surface area contributed by atoms with Crippen molar-refractivity contribution in [3.63, 3.8) is 0 Å². The first-order valence-corrected chi connectivity index (χ1v) is 8.34. The van der Waals surface area contributed by atoms with E-state index >= 15 is 0 Å². The zero-order valence-corrected chi connectivity index (χ0v) is 13.7. The molecule has 21 heavy (non-hydrogen) atoms. The van der Waals surface area contributed by atoms with Gasteiger partial charge in [0.1, 0.15) is 0 Å². The normalized spacial score (nSPS) is 28.8. The number of nitrogens with one attached hydrogen (secondary N) is 1. The molecule has 2 bridgehead atoms. The average molecular weight is 297 g/mol. The fourth-order valence-electron chi connectivity index (χ4n) is 3.60. The summed E-state index contributed by atoms with van der Waals surface area (Å²) in [6, 6.07) is 0.261. The lowest BCUT2D eigenvalue weighted by atomic mass is 9.93. The maximum atomic E-state index is 11.7. The van der Waals surface area contributed by atoms with Crippen molar-refractivity contribution < 1.29 is 9.53 Å². The minimum Gasteiger partial charge on any atom is -0.372 e. The molecule has 3 atom stereocenters. The smallest absolute Gasteiger partial charge is 0.237 e. The third-order valence-corrected chi connectivity index (χ3v) is 4.67. The fourth-order valence-corrected chi connectivity index (χ4v) is 3.60. The molecule has 0 aromatic rings. The number of fused-ring (bicyclic) bond motifs is 2. The van der Waals surface area contributed by atoms with Crippen molar-refractivity contribution in [3.8, 4) is 0 Å². The van der Waals surface area contributed by atoms with E-state index in [0.717, 1.165) is 38.9 Å². The third kappa shape index (κ3) is 4.66. The predicted octanol–water partition coefficient (Wildman–Crippen LogP) is 1.26. The molecule has 5 nitrogen and oxygen atoms in total. The Balaban J connectivity index is 1.69. The van der Waals surface area contributed by atoms with Crippen molar-refractivity contribution in [2.75, 3.05) is 19.6 Å². The Kier molecular flexibility index (Phi) is 5.63. The van der Waals surface area contributed by atoms with Crippen LogP contribution < -0.4 is 11.1 Å². The van der Waals surface area contributed by atoms with Crippen molar-refractivity contribution in [1.82, 2.24) is 10.2 Å². The molecular weight excluding hydrogens is 266 g/mol. The molecule has 0 spiro atoms. The van der Waals surface area contributed by atoms with Gasteiger partial charge in [0.05, 0.1) is 17.7 Å². The summed E-state index contributed by atoms with van der Waals surface area (Å²) in [5.41, 5.74) is 4.98. The van der Waals surface area contributed by atoms with Crippen molar-refractivity contribution in [2.45, 2.75) is 76.7 Å². The van der Waals surface area contributed by atoms with Crippen LogP contribution in [-0.2, 0) is 9.53 Å². The highest BCUT2D eigenvalue weighted by atomic mass is 16.5. The van der Waals surface area contributed by atoms with Gasteiger partial charge >= 0.3 is 0 Å². The number of likely N-dealkylation sites (tertiary alicyclic amines) is 1. The number of hydrogen-bond donors (Lipinski definition) is 2. The Morgan fingerprint density at radius 3 is 2.48 bits per heavy atom. The Labute approximate surface area is 128 Å². The number of morpholine rings is 1. The monoisotopic (exact) mass is 297 g/mol. The molecule has 0 saturated carbocycles. The fraction of sp³-hybridized carbons (Fsp3) is 0.938. The highest BCUT2D eigenvalue weighted by Crippen LogP contribution is 2.26. The molecule has 0 aromatic carbocycles. The van der Waals surface area contributed by atoms with Gasteiger partial charge in [-0.3, -0.25) is 9.69 Å². The van der Waals surface area contributed by atoms with Gasteiger partial charge in [-0.1, -0.05) is 0 Å². The minimum atomic E-state index is -0.585. The molecule has 2 fully saturated rings. The standard InChI is InChI=1S/C16H31N3O2/c1-12(2)18-16(3,15(17)20)8-4-5-9-19-10-13-6-7-14(11-19)21-13/h12-14,18H,4-11H2,1-3H3,(H2,17,20). The number of nitrogens with two attached hydrogens (primary N) is 1. The average Bonchev–Trinajstić information content (AvgIpc) is 2.73. The zero-order valence-electron chi connectivity index (χ0n) is 13.7. The summed E-state index contributed by atoms with van der Waals surface area (Å²) in [6.45, 7) is 9.27. The van der Waals surface area contributed by atoms with Crippen LogP contribution >= 0.6 is 0 Å². The summed E-state index contributed by atoms with van der Waals surface area (Å²) in [5.74, 6) is -0.249. The van der Waals surface area contributed by atoms with Crippen molar-refractivity contribution in [2.24, 2.45) is 5.73 Å². The number of ether oxygens (including phenoxy) is 1. The Morgan fingerprint density at radius 2 is 1.95 bits per heavy atom. The Bertz CT molecular complexity index is 349. The van der Waals surface area contributed by atoms with Gasteiger partial charge in [-0.15, -0.1) is 0 Å². The molecular formula is C16H31N3O2. The largest absolute Gasteiger partial charge is 0.372 e. The van der Waals surface area contributed by atoms with E-state index < -0.39 is 5.54 Å². The van der Waals surface area contributed by atoms with Crippen LogP contribution in [0.1, 0.15) is 52.9 Å². The second-order valence-electron chi connectivity index (χ2n) is 7.17. The maximum Gasteiger partial charge on any atom is 0.237 e. The van der Waals surface area contributed by atoms with E-state index in [0.29, 0.717) is 12.2 Å². The Morgan fingerprint density at radius 1 is 1.33 bits per heavy atom. The van der Waals surface area contributed by atoms with Gasteiger partial charge < -0.3 is 15.8 Å². The summed E-state index contributed by atoms with van der Waals surface area (Å²) in [6.07, 6.45) is 6.30. The number of unbranched alkanes of at least 4 members (excludes halogenated alkanes) is 1. The van der Waals surface area contributed by atoms with Gasteiger partial charge in [0.2, 0.25) is 5.91 Å². The number of hydrogen-bond acceptors (Lipinski definition) is 4. The van der Waals surface area contributed by atoms with Crippen molar-refractivity contribution in [1.29, 1.82) is 0 Å². The molecule has 2 aliphatic rings. The van der Waals surface area contributed by atoms with E-state index in [1.807, 2.05) is 20.8 Å². The zero-order chi connectivity index (χ0) is 15.5. The van der Waals surface area contributed by atoms with E-state index in [1.165, 1.54) is 12.8 Å². The molecule has 5 heteroatoms. The van der Waals surface area contributed by atoms with Crippen LogP contribution in [0.15, 0.2) is 0 Å². The van der Waals surface area contributed by atoms with Crippen LogP contribution in [0.4, 0.5) is 0 Å². The highest BCUT2D eigenvalue weighted by Gasteiger charge is 2.34. The number of primary amides is 1. The summed E-state index contributed by atoms with van der Waals surface area (Å²) in [4.78, 5) is 14.2. The quantitative estimate of drug-likeness (QED) is 0.662. The van der Waals surface area contributed by atoms with E-state index in [2.05, 4.69) is 10.2 Å². The van der Waals surface area contributed by atoms with E-state index in [-0.39, 0.29) is 11.9 Å². The highest BCUT2D eigenvalue weighted by molar-refractivity contribution is 5.84. The molecule has 1 amide bonds. The summed E-state index contributed by atoms with van der Waals surface area (Å²) >= 11 is 0. The molecule has 0 radical (unpaired) electrons. The van der Waals surface area contributed by atoms with E-state index in [9.17, 15) is 4.79 Å². The first kappa shape index (κ1) is 16.7. The van der Waals surface area contributed by atoms with Crippen LogP contribution in [0.5, 0.6) is 0 Å². The van der Waals surface area contributed by atoms with Gasteiger partial charge in [0.25, 0.3) is 0 Å². The molecule has 3 unspecified atom stereocenters. The number of carbonyl (C=O) groups is 1. The maximum absolute atomic E-state index is 11.7. The van der Waals surface area contributed by atoms with Crippen LogP contribution in [0, 0.1) is 0 Å². The van der Waals surface area contributed by atoms with E-state index in [1.54, 1.807) is 0 Å². The second-order valence-corrected chi connectivity index (χ2v) is 7.17. The summed E-state index contributed by atoms with van der Waals surface area (Å²) in [5, 5.41) is 3.31. The SMILES string of the molecule is CC(C)NC(C)(CCCCN1CC2CCC(C1)O2)C(N)=O. The molecule has 2 heterocycles. The topological polar surface area (TPSA) is 67.6 Å². The molecule has 2 aliphatic heterocycles. The number of carbonyl (C=O) groups excluding carboxylic acids is 1. The molecule has 122 valence electrons. The van der Waals surface area contributed by atoms with Gasteiger partial charge in [-0.05, 0) is 59.4 Å². The third-order valence-electron chi connectivity index (χ3n) is 4.67. The molecule has 2 saturated heterocycles. The van der Waals surface area contributed by atoms with Gasteiger partial charge in [0, 0.05) is 19.1 Å². The lowest BCUT2D eigenvalue weighted by Gasteiger charge is -2.33. The molecule has 3 N–H and O–H groups in total. The van der Waals surface area contributed by atoms with Crippen LogP contribution in [-0.4, -0.2) is 54.2 Å². The van der Waals surface area contributed by atoms with Gasteiger partial charge in [-0.25, -0.2) is 0 Å².